The first-order chi connectivity index (χ1) is 9.37. The monoisotopic (exact) mass is 334 g/mol. The van der Waals surface area contributed by atoms with E-state index in [1.165, 1.54) is 24.3 Å². The maximum absolute atomic E-state index is 11.8. The van der Waals surface area contributed by atoms with Crippen LogP contribution >= 0.6 is 0 Å². The standard InChI is InChI=1S/C12H10N2O5S.K.H/c15-9-2-1-7-5-11(16)10(4-8(7)3-9)14-6-12(17)13-20(14,18)19;;/h1-5,15-16H,6H2,(H,13,17);;. The van der Waals surface area contributed by atoms with Crippen LogP contribution in [0.4, 0.5) is 5.69 Å². The molecule has 0 bridgehead atoms. The van der Waals surface area contributed by atoms with E-state index >= 15 is 0 Å². The van der Waals surface area contributed by atoms with Crippen molar-refractivity contribution in [1.82, 2.24) is 4.72 Å². The molecule has 21 heavy (non-hydrogen) atoms. The molecule has 3 rings (SSSR count). The van der Waals surface area contributed by atoms with E-state index in [0.717, 1.165) is 4.31 Å². The van der Waals surface area contributed by atoms with Crippen LogP contribution in [-0.2, 0) is 15.0 Å². The molecule has 1 fully saturated rings. The zero-order chi connectivity index (χ0) is 14.5. The molecule has 1 amide bonds. The maximum atomic E-state index is 11.8. The average Bonchev–Trinajstić information content (AvgIpc) is 2.62. The van der Waals surface area contributed by atoms with E-state index in [2.05, 4.69) is 0 Å². The number of carbonyl (C=O) groups excluding carboxylic acids is 1. The Labute approximate surface area is 163 Å². The Kier molecular flexibility index (Phi) is 4.52. The van der Waals surface area contributed by atoms with Crippen LogP contribution < -0.4 is 9.03 Å². The van der Waals surface area contributed by atoms with Crippen molar-refractivity contribution in [2.75, 3.05) is 10.8 Å². The fourth-order valence-electron chi connectivity index (χ4n) is 2.12. The third-order valence-electron chi connectivity index (χ3n) is 3.01. The summed E-state index contributed by atoms with van der Waals surface area (Å²) in [6.45, 7) is -0.389. The van der Waals surface area contributed by atoms with Crippen molar-refractivity contribution in [3.8, 4) is 11.5 Å². The molecule has 0 aromatic heterocycles. The number of hydrogen-bond donors (Lipinski definition) is 3. The van der Waals surface area contributed by atoms with Crippen LogP contribution in [0.2, 0.25) is 0 Å². The summed E-state index contributed by atoms with van der Waals surface area (Å²) in [6.07, 6.45) is 0. The number of amides is 1. The van der Waals surface area contributed by atoms with E-state index in [0.29, 0.717) is 10.8 Å². The summed E-state index contributed by atoms with van der Waals surface area (Å²) < 4.78 is 26.1. The first-order valence-electron chi connectivity index (χ1n) is 5.66. The molecule has 7 nitrogen and oxygen atoms in total. The van der Waals surface area contributed by atoms with Gasteiger partial charge in [-0.1, -0.05) is 6.07 Å². The average molecular weight is 334 g/mol. The Morgan fingerprint density at radius 1 is 1.10 bits per heavy atom. The van der Waals surface area contributed by atoms with Gasteiger partial charge in [-0.05, 0) is 35.0 Å². The van der Waals surface area contributed by atoms with Gasteiger partial charge in [0.15, 0.2) is 0 Å². The summed E-state index contributed by atoms with van der Waals surface area (Å²) in [5.74, 6) is -0.906. The van der Waals surface area contributed by atoms with Crippen molar-refractivity contribution in [2.45, 2.75) is 0 Å². The number of carbonyl (C=O) groups is 1. The van der Waals surface area contributed by atoms with Crippen LogP contribution in [0.1, 0.15) is 0 Å². The number of rotatable bonds is 1. The Hall–Kier alpha value is -0.844. The van der Waals surface area contributed by atoms with Crippen LogP contribution in [0.15, 0.2) is 30.3 Å². The van der Waals surface area contributed by atoms with Gasteiger partial charge in [-0.2, -0.15) is 8.42 Å². The fourth-order valence-corrected chi connectivity index (χ4v) is 3.28. The number of nitrogens with one attached hydrogen (secondary N) is 1. The zero-order valence-electron chi connectivity index (χ0n) is 10.1. The summed E-state index contributed by atoms with van der Waals surface area (Å²) in [5, 5.41) is 20.6. The van der Waals surface area contributed by atoms with Crippen molar-refractivity contribution in [3.05, 3.63) is 30.3 Å². The van der Waals surface area contributed by atoms with Crippen LogP contribution in [-0.4, -0.2) is 82.5 Å². The summed E-state index contributed by atoms with van der Waals surface area (Å²) in [7, 11) is -3.98. The van der Waals surface area contributed by atoms with E-state index < -0.39 is 16.1 Å². The summed E-state index contributed by atoms with van der Waals surface area (Å²) in [5.41, 5.74) is -0.0125. The second-order valence-corrected chi connectivity index (χ2v) is 6.00. The number of aromatic hydroxyl groups is 2. The predicted molar refractivity (Wildman–Crippen MR) is 78.8 cm³/mol. The van der Waals surface area contributed by atoms with Crippen LogP contribution in [0.5, 0.6) is 11.5 Å². The molecule has 106 valence electrons. The Bertz CT molecular complexity index is 837. The molecule has 9 heteroatoms. The third-order valence-corrected chi connectivity index (χ3v) is 4.40. The fraction of sp³-hybridized carbons (Fsp3) is 0.0833. The number of benzene rings is 2. The quantitative estimate of drug-likeness (QED) is 0.625. The molecule has 1 saturated heterocycles. The van der Waals surface area contributed by atoms with E-state index in [4.69, 9.17) is 0 Å². The van der Waals surface area contributed by atoms with Gasteiger partial charge in [0.05, 0.1) is 5.69 Å². The van der Waals surface area contributed by atoms with Crippen LogP contribution in [0, 0.1) is 0 Å². The molecule has 2 aromatic carbocycles. The van der Waals surface area contributed by atoms with Gasteiger partial charge in [0.2, 0.25) is 0 Å². The molecule has 0 saturated carbocycles. The SMILES string of the molecule is O=C1CN(c2cc3cc(O)ccc3cc2O)S(=O)(=O)N1.[KH]. The Morgan fingerprint density at radius 3 is 2.43 bits per heavy atom. The van der Waals surface area contributed by atoms with Crippen molar-refractivity contribution in [3.63, 3.8) is 0 Å². The molecule has 0 aliphatic carbocycles. The first-order valence-corrected chi connectivity index (χ1v) is 7.10. The van der Waals surface area contributed by atoms with Gasteiger partial charge in [-0.15, -0.1) is 0 Å². The van der Waals surface area contributed by atoms with Gasteiger partial charge < -0.3 is 10.2 Å². The second-order valence-electron chi connectivity index (χ2n) is 4.41. The number of phenolic OH excluding ortho intramolecular Hbond substituents is 2. The molecule has 2 aromatic rings. The third kappa shape index (κ3) is 3.03. The molecule has 3 N–H and O–H groups in total. The van der Waals surface area contributed by atoms with Crippen molar-refractivity contribution >= 4 is 84.0 Å². The van der Waals surface area contributed by atoms with E-state index in [-0.39, 0.29) is 75.1 Å². The topological polar surface area (TPSA) is 107 Å². The van der Waals surface area contributed by atoms with Crippen molar-refractivity contribution < 1.29 is 23.4 Å². The number of phenols is 2. The predicted octanol–water partition coefficient (Wildman–Crippen LogP) is -0.217. The number of hydrogen-bond acceptors (Lipinski definition) is 5. The molecule has 0 atom stereocenters. The molecule has 1 heterocycles. The van der Waals surface area contributed by atoms with Gasteiger partial charge in [-0.3, -0.25) is 4.79 Å². The van der Waals surface area contributed by atoms with E-state index in [9.17, 15) is 23.4 Å². The van der Waals surface area contributed by atoms with Gasteiger partial charge in [-0.25, -0.2) is 9.03 Å². The molecule has 1 aliphatic heterocycles. The minimum absolute atomic E-state index is 0. The van der Waals surface area contributed by atoms with Crippen molar-refractivity contribution in [2.24, 2.45) is 0 Å². The summed E-state index contributed by atoms with van der Waals surface area (Å²) in [4.78, 5) is 11.2. The van der Waals surface area contributed by atoms with Gasteiger partial charge in [0.1, 0.15) is 18.0 Å². The molecular formula is C12H11KN2O5S. The molecule has 0 unspecified atom stereocenters. The van der Waals surface area contributed by atoms with Gasteiger partial charge >= 0.3 is 61.6 Å². The zero-order valence-corrected chi connectivity index (χ0v) is 10.9. The molecular weight excluding hydrogens is 323 g/mol. The number of fused-ring (bicyclic) bond motifs is 1. The summed E-state index contributed by atoms with van der Waals surface area (Å²) in [6, 6.07) is 7.27. The molecule has 0 spiro atoms. The Morgan fingerprint density at radius 2 is 1.81 bits per heavy atom. The number of nitrogens with zero attached hydrogens (tertiary/aromatic N) is 1. The Balaban J connectivity index is 0.00000161. The minimum atomic E-state index is -3.98. The van der Waals surface area contributed by atoms with E-state index in [1.54, 1.807) is 6.07 Å². The van der Waals surface area contributed by atoms with E-state index in [1.807, 2.05) is 4.72 Å². The molecule has 1 aliphatic rings. The first kappa shape index (κ1) is 16.5. The number of anilines is 1. The summed E-state index contributed by atoms with van der Waals surface area (Å²) >= 11 is 0. The van der Waals surface area contributed by atoms with Gasteiger partial charge in [0.25, 0.3) is 5.91 Å². The van der Waals surface area contributed by atoms with Crippen molar-refractivity contribution in [1.29, 1.82) is 0 Å². The molecule has 0 radical (unpaired) electrons. The van der Waals surface area contributed by atoms with Crippen LogP contribution in [0.3, 0.4) is 0 Å². The van der Waals surface area contributed by atoms with Gasteiger partial charge in [0, 0.05) is 0 Å². The second kappa shape index (κ2) is 5.74. The van der Waals surface area contributed by atoms with Crippen LogP contribution in [0.25, 0.3) is 10.8 Å². The normalized spacial score (nSPS) is 16.6.